The summed E-state index contributed by atoms with van der Waals surface area (Å²) in [5.74, 6) is 0.652. The largest absolute Gasteiger partial charge is 0.352 e. The Morgan fingerprint density at radius 2 is 2.32 bits per heavy atom. The molecule has 0 aliphatic rings. The first kappa shape index (κ1) is 13.2. The molecule has 19 heavy (non-hydrogen) atoms. The maximum Gasteiger partial charge on any atom is 0.221 e. The lowest BCUT2D eigenvalue weighted by Gasteiger charge is -2.10. The molecule has 3 N–H and O–H groups in total. The molecule has 0 aliphatic heterocycles. The molecule has 0 aliphatic carbocycles. The van der Waals surface area contributed by atoms with Gasteiger partial charge in [0, 0.05) is 43.2 Å². The third-order valence-electron chi connectivity index (χ3n) is 2.57. The number of amides is 1. The van der Waals surface area contributed by atoms with Crippen LogP contribution in [0.15, 0.2) is 36.8 Å². The van der Waals surface area contributed by atoms with Gasteiger partial charge in [0.25, 0.3) is 0 Å². The summed E-state index contributed by atoms with van der Waals surface area (Å²) < 4.78 is 1.67. The van der Waals surface area contributed by atoms with E-state index < -0.39 is 0 Å². The second kappa shape index (κ2) is 6.10. The van der Waals surface area contributed by atoms with E-state index >= 15 is 0 Å². The monoisotopic (exact) mass is 259 g/mol. The van der Waals surface area contributed by atoms with Crippen molar-refractivity contribution in [2.75, 3.05) is 0 Å². The average Bonchev–Trinajstić information content (AvgIpc) is 2.89. The zero-order valence-corrected chi connectivity index (χ0v) is 10.8. The van der Waals surface area contributed by atoms with E-state index in [0.717, 1.165) is 5.56 Å². The van der Waals surface area contributed by atoms with Crippen molar-refractivity contribution in [3.05, 3.63) is 42.4 Å². The molecule has 0 saturated heterocycles. The van der Waals surface area contributed by atoms with Crippen molar-refractivity contribution in [2.24, 2.45) is 5.73 Å². The Hall–Kier alpha value is -2.21. The van der Waals surface area contributed by atoms with Gasteiger partial charge in [0.05, 0.1) is 0 Å². The summed E-state index contributed by atoms with van der Waals surface area (Å²) in [4.78, 5) is 15.9. The van der Waals surface area contributed by atoms with Crippen LogP contribution in [-0.4, -0.2) is 26.7 Å². The number of nitrogens with zero attached hydrogens (tertiary/aromatic N) is 3. The molecule has 6 nitrogen and oxygen atoms in total. The van der Waals surface area contributed by atoms with E-state index in [1.54, 1.807) is 24.0 Å². The molecule has 100 valence electrons. The maximum atomic E-state index is 11.6. The Bertz CT molecular complexity index is 536. The van der Waals surface area contributed by atoms with Crippen LogP contribution < -0.4 is 11.1 Å². The molecule has 0 aromatic carbocycles. The van der Waals surface area contributed by atoms with Crippen LogP contribution in [0.25, 0.3) is 5.82 Å². The summed E-state index contributed by atoms with van der Waals surface area (Å²) in [5.41, 5.74) is 6.49. The molecule has 2 rings (SSSR count). The molecule has 0 bridgehead atoms. The summed E-state index contributed by atoms with van der Waals surface area (Å²) in [6.07, 6.45) is 5.52. The molecule has 0 radical (unpaired) electrons. The molecule has 1 atom stereocenters. The van der Waals surface area contributed by atoms with Crippen LogP contribution in [0, 0.1) is 0 Å². The number of hydrogen-bond donors (Lipinski definition) is 2. The molecule has 1 amide bonds. The van der Waals surface area contributed by atoms with Gasteiger partial charge < -0.3 is 11.1 Å². The molecule has 0 spiro atoms. The highest BCUT2D eigenvalue weighted by atomic mass is 16.1. The van der Waals surface area contributed by atoms with Crippen LogP contribution in [0.2, 0.25) is 0 Å². The fourth-order valence-corrected chi connectivity index (χ4v) is 1.73. The van der Waals surface area contributed by atoms with E-state index in [4.69, 9.17) is 5.73 Å². The van der Waals surface area contributed by atoms with Crippen LogP contribution in [0.3, 0.4) is 0 Å². The molecular weight excluding hydrogens is 242 g/mol. The van der Waals surface area contributed by atoms with Crippen LogP contribution in [-0.2, 0) is 11.3 Å². The lowest BCUT2D eigenvalue weighted by molar-refractivity contribution is -0.121. The zero-order chi connectivity index (χ0) is 13.7. The van der Waals surface area contributed by atoms with E-state index in [2.05, 4.69) is 15.4 Å². The maximum absolute atomic E-state index is 11.6. The van der Waals surface area contributed by atoms with Gasteiger partial charge >= 0.3 is 0 Å². The second-order valence-corrected chi connectivity index (χ2v) is 4.39. The van der Waals surface area contributed by atoms with Crippen LogP contribution >= 0.6 is 0 Å². The molecule has 6 heteroatoms. The van der Waals surface area contributed by atoms with Gasteiger partial charge in [-0.1, -0.05) is 6.07 Å². The van der Waals surface area contributed by atoms with Gasteiger partial charge in [0.15, 0.2) is 5.82 Å². The number of pyridine rings is 1. The molecule has 1 unspecified atom stereocenters. The van der Waals surface area contributed by atoms with Crippen molar-refractivity contribution in [3.8, 4) is 5.82 Å². The summed E-state index contributed by atoms with van der Waals surface area (Å²) in [5, 5.41) is 6.98. The Kier molecular flexibility index (Phi) is 4.25. The first-order chi connectivity index (χ1) is 9.16. The topological polar surface area (TPSA) is 85.8 Å². The van der Waals surface area contributed by atoms with Crippen molar-refractivity contribution in [3.63, 3.8) is 0 Å². The van der Waals surface area contributed by atoms with Gasteiger partial charge in [-0.3, -0.25) is 4.79 Å². The highest BCUT2D eigenvalue weighted by Gasteiger charge is 2.08. The molecule has 0 saturated carbocycles. The predicted molar refractivity (Wildman–Crippen MR) is 71.5 cm³/mol. The summed E-state index contributed by atoms with van der Waals surface area (Å²) in [7, 11) is 0. The first-order valence-corrected chi connectivity index (χ1v) is 6.13. The lowest BCUT2D eigenvalue weighted by atomic mass is 10.2. The Morgan fingerprint density at radius 1 is 1.47 bits per heavy atom. The normalized spacial score (nSPS) is 12.1. The number of aromatic nitrogens is 3. The van der Waals surface area contributed by atoms with Gasteiger partial charge in [0.1, 0.15) is 0 Å². The lowest BCUT2D eigenvalue weighted by Crippen LogP contribution is -2.29. The van der Waals surface area contributed by atoms with Crippen LogP contribution in [0.4, 0.5) is 0 Å². The number of hydrogen-bond acceptors (Lipinski definition) is 4. The molecular formula is C13H17N5O. The van der Waals surface area contributed by atoms with Crippen LogP contribution in [0.1, 0.15) is 18.9 Å². The van der Waals surface area contributed by atoms with Crippen molar-refractivity contribution in [1.29, 1.82) is 0 Å². The third kappa shape index (κ3) is 3.62. The first-order valence-electron chi connectivity index (χ1n) is 6.13. The second-order valence-electron chi connectivity index (χ2n) is 4.39. The van der Waals surface area contributed by atoms with Gasteiger partial charge in [0.2, 0.25) is 5.91 Å². The highest BCUT2D eigenvalue weighted by Crippen LogP contribution is 2.09. The van der Waals surface area contributed by atoms with E-state index in [1.807, 2.05) is 24.4 Å². The fraction of sp³-hybridized carbons (Fsp3) is 0.308. The minimum absolute atomic E-state index is 0.0646. The molecule has 2 aromatic rings. The summed E-state index contributed by atoms with van der Waals surface area (Å²) in [6, 6.07) is 5.43. The highest BCUT2D eigenvalue weighted by molar-refractivity contribution is 5.76. The zero-order valence-electron chi connectivity index (χ0n) is 10.8. The molecule has 2 aromatic heterocycles. The van der Waals surface area contributed by atoms with E-state index in [1.165, 1.54) is 0 Å². The van der Waals surface area contributed by atoms with Crippen LogP contribution in [0.5, 0.6) is 0 Å². The standard InChI is InChI=1S/C13H17N5O/c1-10(14)8-12(19)16-9-11-4-2-5-15-13(11)18-7-3-6-17-18/h2-7,10H,8-9,14H2,1H3,(H,16,19). The number of carbonyl (C=O) groups excluding carboxylic acids is 1. The molecule has 0 fully saturated rings. The minimum Gasteiger partial charge on any atom is -0.352 e. The van der Waals surface area contributed by atoms with Crippen molar-refractivity contribution in [1.82, 2.24) is 20.1 Å². The predicted octanol–water partition coefficient (Wildman–Crippen LogP) is 0.621. The Labute approximate surface area is 111 Å². The quantitative estimate of drug-likeness (QED) is 0.824. The molecule has 2 heterocycles. The third-order valence-corrected chi connectivity index (χ3v) is 2.57. The summed E-state index contributed by atoms with van der Waals surface area (Å²) in [6.45, 7) is 2.22. The Morgan fingerprint density at radius 3 is 3.00 bits per heavy atom. The van der Waals surface area contributed by atoms with E-state index in [9.17, 15) is 4.79 Å². The van der Waals surface area contributed by atoms with Gasteiger partial charge in [-0.2, -0.15) is 5.10 Å². The smallest absolute Gasteiger partial charge is 0.221 e. The van der Waals surface area contributed by atoms with Gasteiger partial charge in [-0.05, 0) is 19.1 Å². The number of carbonyl (C=O) groups is 1. The van der Waals surface area contributed by atoms with Gasteiger partial charge in [-0.15, -0.1) is 0 Å². The summed E-state index contributed by atoms with van der Waals surface area (Å²) >= 11 is 0. The van der Waals surface area contributed by atoms with Gasteiger partial charge in [-0.25, -0.2) is 9.67 Å². The van der Waals surface area contributed by atoms with Crippen molar-refractivity contribution in [2.45, 2.75) is 25.9 Å². The minimum atomic E-state index is -0.139. The van der Waals surface area contributed by atoms with E-state index in [0.29, 0.717) is 18.8 Å². The SMILES string of the molecule is CC(N)CC(=O)NCc1cccnc1-n1cccn1. The fourth-order valence-electron chi connectivity index (χ4n) is 1.73. The van der Waals surface area contributed by atoms with E-state index in [-0.39, 0.29) is 11.9 Å². The van der Waals surface area contributed by atoms with Crippen molar-refractivity contribution < 1.29 is 4.79 Å². The number of nitrogens with one attached hydrogen (secondary N) is 1. The number of rotatable bonds is 5. The number of nitrogens with two attached hydrogens (primary N) is 1. The Balaban J connectivity index is 2.07. The average molecular weight is 259 g/mol. The van der Waals surface area contributed by atoms with Crippen molar-refractivity contribution >= 4 is 5.91 Å².